The van der Waals surface area contributed by atoms with E-state index in [1.807, 2.05) is 0 Å². The SMILES string of the molecule is Nc1nc(N2CCCC2)sc1C(=O)NC1CCCC1CO. The van der Waals surface area contributed by atoms with Crippen molar-refractivity contribution in [1.29, 1.82) is 0 Å². The van der Waals surface area contributed by atoms with Crippen molar-refractivity contribution in [2.75, 3.05) is 30.3 Å². The van der Waals surface area contributed by atoms with Gasteiger partial charge in [-0.2, -0.15) is 0 Å². The van der Waals surface area contributed by atoms with Gasteiger partial charge in [0.1, 0.15) is 10.7 Å². The Morgan fingerprint density at radius 3 is 2.86 bits per heavy atom. The van der Waals surface area contributed by atoms with Gasteiger partial charge in [0.15, 0.2) is 5.13 Å². The van der Waals surface area contributed by atoms with E-state index in [2.05, 4.69) is 15.2 Å². The van der Waals surface area contributed by atoms with Crippen LogP contribution in [0.3, 0.4) is 0 Å². The van der Waals surface area contributed by atoms with Crippen LogP contribution in [0.2, 0.25) is 0 Å². The number of anilines is 2. The largest absolute Gasteiger partial charge is 0.396 e. The van der Waals surface area contributed by atoms with Gasteiger partial charge >= 0.3 is 0 Å². The predicted molar refractivity (Wildman–Crippen MR) is 83.7 cm³/mol. The van der Waals surface area contributed by atoms with Crippen molar-refractivity contribution >= 4 is 28.2 Å². The average Bonchev–Trinajstić information content (AvgIpc) is 3.17. The molecule has 1 aromatic heterocycles. The fraction of sp³-hybridized carbons (Fsp3) is 0.714. The number of carbonyl (C=O) groups is 1. The van der Waals surface area contributed by atoms with Crippen molar-refractivity contribution in [2.45, 2.75) is 38.1 Å². The number of hydrogen-bond acceptors (Lipinski definition) is 6. The summed E-state index contributed by atoms with van der Waals surface area (Å²) in [5.74, 6) is 0.333. The number of aliphatic hydroxyl groups is 1. The lowest BCUT2D eigenvalue weighted by molar-refractivity contribution is 0.0921. The molecule has 2 aliphatic rings. The van der Waals surface area contributed by atoms with E-state index < -0.39 is 0 Å². The topological polar surface area (TPSA) is 91.5 Å². The maximum atomic E-state index is 12.4. The summed E-state index contributed by atoms with van der Waals surface area (Å²) in [4.78, 5) is 19.4. The molecule has 3 rings (SSSR count). The molecular weight excluding hydrogens is 288 g/mol. The first-order valence-electron chi connectivity index (χ1n) is 7.62. The summed E-state index contributed by atoms with van der Waals surface area (Å²) >= 11 is 1.37. The van der Waals surface area contributed by atoms with Crippen LogP contribution in [0.1, 0.15) is 41.8 Å². The van der Waals surface area contributed by atoms with Gasteiger partial charge in [0.25, 0.3) is 5.91 Å². The smallest absolute Gasteiger partial charge is 0.265 e. The van der Waals surface area contributed by atoms with Gasteiger partial charge in [-0.1, -0.05) is 17.8 Å². The number of aliphatic hydroxyl groups excluding tert-OH is 1. The van der Waals surface area contributed by atoms with Crippen LogP contribution < -0.4 is 16.0 Å². The van der Waals surface area contributed by atoms with E-state index >= 15 is 0 Å². The van der Waals surface area contributed by atoms with Crippen molar-refractivity contribution in [2.24, 2.45) is 5.92 Å². The fourth-order valence-corrected chi connectivity index (χ4v) is 4.15. The molecule has 1 aliphatic heterocycles. The first-order valence-corrected chi connectivity index (χ1v) is 8.43. The van der Waals surface area contributed by atoms with Crippen molar-refractivity contribution in [3.05, 3.63) is 4.88 Å². The van der Waals surface area contributed by atoms with Gasteiger partial charge in [-0.3, -0.25) is 4.79 Å². The van der Waals surface area contributed by atoms with Crippen molar-refractivity contribution < 1.29 is 9.90 Å². The third kappa shape index (κ3) is 2.98. The van der Waals surface area contributed by atoms with Gasteiger partial charge in [-0.15, -0.1) is 0 Å². The van der Waals surface area contributed by atoms with Gasteiger partial charge in [0.2, 0.25) is 0 Å². The van der Waals surface area contributed by atoms with Crippen LogP contribution in [-0.4, -0.2) is 41.7 Å². The second kappa shape index (κ2) is 6.19. The van der Waals surface area contributed by atoms with Crippen LogP contribution in [0.15, 0.2) is 0 Å². The lowest BCUT2D eigenvalue weighted by atomic mass is 10.1. The maximum Gasteiger partial charge on any atom is 0.265 e. The lowest BCUT2D eigenvalue weighted by Gasteiger charge is -2.18. The first-order chi connectivity index (χ1) is 10.2. The van der Waals surface area contributed by atoms with Crippen LogP contribution in [0.5, 0.6) is 0 Å². The van der Waals surface area contributed by atoms with E-state index in [-0.39, 0.29) is 24.5 Å². The van der Waals surface area contributed by atoms with Crippen LogP contribution in [-0.2, 0) is 0 Å². The molecule has 21 heavy (non-hydrogen) atoms. The first kappa shape index (κ1) is 14.6. The molecule has 7 heteroatoms. The Hall–Kier alpha value is -1.34. The maximum absolute atomic E-state index is 12.4. The number of carbonyl (C=O) groups excluding carboxylic acids is 1. The zero-order valence-corrected chi connectivity index (χ0v) is 12.9. The molecule has 4 N–H and O–H groups in total. The third-order valence-electron chi connectivity index (χ3n) is 4.43. The Morgan fingerprint density at radius 1 is 1.38 bits per heavy atom. The summed E-state index contributed by atoms with van der Waals surface area (Å²) in [5.41, 5.74) is 5.91. The highest BCUT2D eigenvalue weighted by Gasteiger charge is 2.30. The number of nitrogens with one attached hydrogen (secondary N) is 1. The standard InChI is InChI=1S/C14H22N4O2S/c15-12-11(21-14(17-12)18-6-1-2-7-18)13(20)16-10-5-3-4-9(10)8-19/h9-10,19H,1-8,15H2,(H,16,20). The molecule has 1 aliphatic carbocycles. The summed E-state index contributed by atoms with van der Waals surface area (Å²) in [7, 11) is 0. The zero-order valence-electron chi connectivity index (χ0n) is 12.0. The minimum absolute atomic E-state index is 0.0548. The number of aromatic nitrogens is 1. The average molecular weight is 310 g/mol. The fourth-order valence-electron chi connectivity index (χ4n) is 3.21. The molecule has 0 aromatic carbocycles. The quantitative estimate of drug-likeness (QED) is 0.777. The molecule has 0 spiro atoms. The Bertz CT molecular complexity index is 513. The molecule has 0 radical (unpaired) electrons. The Kier molecular flexibility index (Phi) is 4.30. The lowest BCUT2D eigenvalue weighted by Crippen LogP contribution is -2.38. The Balaban J connectivity index is 1.69. The molecule has 116 valence electrons. The molecule has 2 fully saturated rings. The van der Waals surface area contributed by atoms with Gasteiger partial charge in [-0.25, -0.2) is 4.98 Å². The molecule has 1 amide bonds. The second-order valence-corrected chi connectivity index (χ2v) is 6.84. The van der Waals surface area contributed by atoms with Crippen molar-refractivity contribution in [3.63, 3.8) is 0 Å². The van der Waals surface area contributed by atoms with E-state index in [1.165, 1.54) is 24.2 Å². The molecule has 2 unspecified atom stereocenters. The molecule has 2 heterocycles. The van der Waals surface area contributed by atoms with Crippen LogP contribution in [0.25, 0.3) is 0 Å². The molecule has 2 atom stereocenters. The number of amides is 1. The monoisotopic (exact) mass is 310 g/mol. The number of nitrogen functional groups attached to an aromatic ring is 1. The van der Waals surface area contributed by atoms with Crippen LogP contribution in [0, 0.1) is 5.92 Å². The number of nitrogens with two attached hydrogens (primary N) is 1. The summed E-state index contributed by atoms with van der Waals surface area (Å²) in [6.07, 6.45) is 5.28. The van der Waals surface area contributed by atoms with Crippen LogP contribution in [0.4, 0.5) is 10.9 Å². The van der Waals surface area contributed by atoms with Gasteiger partial charge in [-0.05, 0) is 25.7 Å². The van der Waals surface area contributed by atoms with E-state index in [4.69, 9.17) is 5.73 Å². The minimum Gasteiger partial charge on any atom is -0.396 e. The number of thiazole rings is 1. The summed E-state index contributed by atoms with van der Waals surface area (Å²) < 4.78 is 0. The number of rotatable bonds is 4. The number of hydrogen-bond donors (Lipinski definition) is 3. The van der Waals surface area contributed by atoms with E-state index in [0.29, 0.717) is 10.7 Å². The molecule has 0 bridgehead atoms. The highest BCUT2D eigenvalue weighted by atomic mass is 32.1. The van der Waals surface area contributed by atoms with Crippen LogP contribution >= 0.6 is 11.3 Å². The van der Waals surface area contributed by atoms with E-state index in [9.17, 15) is 9.90 Å². The molecule has 1 aromatic rings. The van der Waals surface area contributed by atoms with Gasteiger partial charge < -0.3 is 21.1 Å². The van der Waals surface area contributed by atoms with Crippen molar-refractivity contribution in [1.82, 2.24) is 10.3 Å². The van der Waals surface area contributed by atoms with Crippen molar-refractivity contribution in [3.8, 4) is 0 Å². The summed E-state index contributed by atoms with van der Waals surface area (Å²) in [6.45, 7) is 2.11. The molecule has 6 nitrogen and oxygen atoms in total. The Labute approximate surface area is 128 Å². The highest BCUT2D eigenvalue weighted by molar-refractivity contribution is 7.18. The molecular formula is C14H22N4O2S. The van der Waals surface area contributed by atoms with Gasteiger partial charge in [0.05, 0.1) is 0 Å². The number of nitrogens with zero attached hydrogens (tertiary/aromatic N) is 2. The highest BCUT2D eigenvalue weighted by Crippen LogP contribution is 2.31. The third-order valence-corrected chi connectivity index (χ3v) is 5.57. The van der Waals surface area contributed by atoms with E-state index in [0.717, 1.165) is 37.5 Å². The zero-order chi connectivity index (χ0) is 14.8. The summed E-state index contributed by atoms with van der Waals surface area (Å²) in [5, 5.41) is 13.2. The second-order valence-electron chi connectivity index (χ2n) is 5.86. The van der Waals surface area contributed by atoms with E-state index in [1.54, 1.807) is 0 Å². The molecule has 1 saturated heterocycles. The normalized spacial score (nSPS) is 25.5. The minimum atomic E-state index is -0.152. The molecule has 1 saturated carbocycles. The summed E-state index contributed by atoms with van der Waals surface area (Å²) in [6, 6.07) is 0.0548. The predicted octanol–water partition coefficient (Wildman–Crippen LogP) is 1.22. The van der Waals surface area contributed by atoms with Gasteiger partial charge in [0, 0.05) is 31.7 Å². The Morgan fingerprint density at radius 2 is 2.14 bits per heavy atom.